The third-order valence-corrected chi connectivity index (χ3v) is 17.9. The Kier molecular flexibility index (Phi) is 53.2. The number of aromatic nitrogens is 8. The van der Waals surface area contributed by atoms with Crippen LogP contribution in [-0.4, -0.2) is 156 Å². The molecule has 0 saturated carbocycles. The van der Waals surface area contributed by atoms with Gasteiger partial charge >= 0.3 is 12.1 Å². The second-order valence-electron chi connectivity index (χ2n) is 29.8. The molecule has 8 aromatic carbocycles. The zero-order valence-electron chi connectivity index (χ0n) is 75.1. The third-order valence-electron chi connectivity index (χ3n) is 17.9. The van der Waals surface area contributed by atoms with Gasteiger partial charge in [-0.15, -0.1) is 119 Å². The molecular weight excluding hydrogens is 2390 g/mol. The van der Waals surface area contributed by atoms with E-state index in [1.807, 2.05) is 97.9 Å². The molecule has 8 atom stereocenters. The van der Waals surface area contributed by atoms with Gasteiger partial charge in [0.15, 0.2) is 5.69 Å². The molecule has 0 spiro atoms. The molecule has 0 aliphatic heterocycles. The molecule has 4 radical (unpaired) electrons. The predicted octanol–water partition coefficient (Wildman–Crippen LogP) is 18.7. The zero-order chi connectivity index (χ0) is 93.8. The van der Waals surface area contributed by atoms with Crippen LogP contribution in [-0.2, 0) is 96.1 Å². The Bertz CT molecular complexity index is 5280. The number of aliphatic hydroxyl groups is 8. The fourth-order valence-electron chi connectivity index (χ4n) is 11.5. The standard InChI is InChI=1S/C22H19N2O4.C20H16F3N2.C20H13N4.C17H11F2N2.4C5H12O2.4Ir/c1-13-14(2)24-20(16-7-11-18(12-8-16)22(26)28-4)19(23-13)15-5-9-17(10-6-15)21(25)27-3;1-12-4-6-15(7-5-12)18-19(25-14(3)13(2)24-18)16-8-10-17(11-9-16)20(21,22)23;1-13-14(2)24-20(17-8-10-18(22-3)11-9-17)19(23-13)16-6-4-15(12-21)5-7-16;1-11-10-20-16(12-2-6-14(18)7-3-12)17(21-11)13-4-8-15(19)9-5-13;4*1-4(6)3-5(2)7;;;;/h5-7,9-12H,1-4H3;4-8,10-11H,1-3H3;4-6,8-11H,1-2H3;2,4-10H,1H3;4*4-7H,3H2,1-2H3;;;;/q4*-1;;;;;;;;. The number of aryl methyl sites for hydroxylation is 8. The topological polar surface area (TPSA) is 346 Å². The fraction of sp³-hybridized carbons (Fsp3) is 0.313. The fourth-order valence-corrected chi connectivity index (χ4v) is 11.5. The van der Waals surface area contributed by atoms with Crippen LogP contribution in [0.15, 0.2) is 176 Å². The van der Waals surface area contributed by atoms with Crippen molar-refractivity contribution in [3.05, 3.63) is 291 Å². The first-order valence-electron chi connectivity index (χ1n) is 40.1. The van der Waals surface area contributed by atoms with Gasteiger partial charge in [-0.2, -0.15) is 13.2 Å². The van der Waals surface area contributed by atoms with E-state index in [0.717, 1.165) is 96.8 Å². The summed E-state index contributed by atoms with van der Waals surface area (Å²) in [5.41, 5.74) is 19.1. The van der Waals surface area contributed by atoms with Crippen molar-refractivity contribution in [2.45, 2.75) is 191 Å². The molecule has 0 aliphatic rings. The van der Waals surface area contributed by atoms with E-state index in [2.05, 4.69) is 65.1 Å². The minimum atomic E-state index is -4.39. The number of benzene rings is 8. The Hall–Kier alpha value is -10.1. The maximum absolute atomic E-state index is 13.1. The molecule has 0 fully saturated rings. The monoisotopic (exact) mass is 2490 g/mol. The first kappa shape index (κ1) is 118. The molecule has 4 aromatic heterocycles. The van der Waals surface area contributed by atoms with Gasteiger partial charge in [-0.25, -0.2) is 19.3 Å². The number of alkyl halides is 3. The van der Waals surface area contributed by atoms with Crippen molar-refractivity contribution < 1.29 is 162 Å². The normalized spacial score (nSPS) is 12.1. The predicted molar refractivity (Wildman–Crippen MR) is 475 cm³/mol. The number of nitriles is 1. The molecule has 12 aromatic rings. The number of carbonyl (C=O) groups excluding carboxylic acids is 2. The van der Waals surface area contributed by atoms with Gasteiger partial charge in [-0.05, 0) is 200 Å². The molecule has 0 bridgehead atoms. The molecule has 0 saturated heterocycles. The maximum Gasteiger partial charge on any atom is 0.381 e. The molecule has 12 rings (SSSR count). The largest absolute Gasteiger partial charge is 0.472 e. The Balaban J connectivity index is 0.000000782. The van der Waals surface area contributed by atoms with Gasteiger partial charge in [-0.3, -0.25) is 44.1 Å². The van der Waals surface area contributed by atoms with Gasteiger partial charge in [0.25, 0.3) is 5.97 Å². The number of halogens is 5. The summed E-state index contributed by atoms with van der Waals surface area (Å²) in [5.74, 6) is -1.49. The molecule has 130 heavy (non-hydrogen) atoms. The van der Waals surface area contributed by atoms with Crippen molar-refractivity contribution in [3.63, 3.8) is 0 Å². The number of hydrogen-bond acceptors (Lipinski definition) is 21. The van der Waals surface area contributed by atoms with Crippen molar-refractivity contribution in [1.29, 1.82) is 5.26 Å². The van der Waals surface area contributed by atoms with Gasteiger partial charge < -0.3 is 55.3 Å². The minimum absolute atomic E-state index is 0. The first-order valence-corrected chi connectivity index (χ1v) is 40.1. The summed E-state index contributed by atoms with van der Waals surface area (Å²) in [4.78, 5) is 63.5. The number of methoxy groups -OCH3 is 2. The number of hydrogen-bond donors (Lipinski definition) is 8. The van der Waals surface area contributed by atoms with Crippen LogP contribution in [0.25, 0.3) is 94.9 Å². The summed E-state index contributed by atoms with van der Waals surface area (Å²) in [5, 5.41) is 77.4. The number of ether oxygens (including phenoxy) is 2. The van der Waals surface area contributed by atoms with Crippen LogP contribution in [0.5, 0.6) is 0 Å². The minimum Gasteiger partial charge on any atom is -0.472 e. The summed E-state index contributed by atoms with van der Waals surface area (Å²) in [6.45, 7) is 35.5. The van der Waals surface area contributed by atoms with E-state index in [9.17, 15) is 31.5 Å². The molecule has 22 nitrogen and oxygen atoms in total. The van der Waals surface area contributed by atoms with Crippen LogP contribution in [0.2, 0.25) is 0 Å². The van der Waals surface area contributed by atoms with Gasteiger partial charge in [0, 0.05) is 138 Å². The first-order chi connectivity index (χ1) is 59.4. The van der Waals surface area contributed by atoms with E-state index in [0.29, 0.717) is 98.9 Å². The average molecular weight is 2490 g/mol. The Morgan fingerprint density at radius 3 is 1.00 bits per heavy atom. The second kappa shape index (κ2) is 58.7. The van der Waals surface area contributed by atoms with Crippen molar-refractivity contribution in [1.82, 2.24) is 39.9 Å². The summed E-state index contributed by atoms with van der Waals surface area (Å²) in [6, 6.07) is 59.7. The van der Waals surface area contributed by atoms with Crippen LogP contribution in [0, 0.1) is 109 Å². The van der Waals surface area contributed by atoms with Gasteiger partial charge in [0.2, 0.25) is 0 Å². The molecule has 4 heterocycles. The SMILES string of the molecule is CC(O)CC(C)O.CC(O)CC(C)O.CC(O)CC(C)O.CC(O)CC(C)O.COC(=O)c1c[c-]c(-c2nc(C)c(C)nc2-c2ccc(C(=O)OC)cc2)cc1.Cc1ccc(-c2nc(C)c(C)nc2-c2[c-]cc(C(F)(F)F)cc2)cc1.Cc1cnc(-c2[c-]cc(F)cc2)c(-c2ccc(F)cc2)n1.[C-]#[N+]c1ccc(-c2nc(C)c(C)nc2-c2[c-]cc(C#N)cc2)cc1.[Ir].[Ir].[Ir].[Ir]. The van der Waals surface area contributed by atoms with Gasteiger partial charge in [-0.1, -0.05) is 78.4 Å². The van der Waals surface area contributed by atoms with Crippen LogP contribution in [0.1, 0.15) is 158 Å². The molecule has 0 amide bonds. The maximum atomic E-state index is 13.1. The number of esters is 2. The van der Waals surface area contributed by atoms with Gasteiger partial charge in [0.1, 0.15) is 5.82 Å². The Morgan fingerprint density at radius 1 is 0.392 bits per heavy atom. The van der Waals surface area contributed by atoms with Crippen molar-refractivity contribution in [2.75, 3.05) is 14.2 Å². The van der Waals surface area contributed by atoms with E-state index in [1.165, 1.54) is 44.6 Å². The molecule has 8 N–H and O–H groups in total. The van der Waals surface area contributed by atoms with Gasteiger partial charge in [0.05, 0.1) is 121 Å². The zero-order valence-corrected chi connectivity index (χ0v) is 84.7. The Morgan fingerprint density at radius 2 is 0.692 bits per heavy atom. The molecule has 31 heteroatoms. The summed E-state index contributed by atoms with van der Waals surface area (Å²) in [6.07, 6.45) is -3.86. The number of aliphatic hydroxyl groups excluding tert-OH is 8. The number of nitrogens with zero attached hydrogens (tertiary/aromatic N) is 10. The quantitative estimate of drug-likeness (QED) is 0.0225. The second-order valence-corrected chi connectivity index (χ2v) is 29.8. The third kappa shape index (κ3) is 39.9. The van der Waals surface area contributed by atoms with Crippen molar-refractivity contribution in [3.8, 4) is 96.1 Å². The van der Waals surface area contributed by atoms with Crippen molar-refractivity contribution in [2.24, 2.45) is 0 Å². The smallest absolute Gasteiger partial charge is 0.381 e. The van der Waals surface area contributed by atoms with Crippen LogP contribution >= 0.6 is 0 Å². The summed E-state index contributed by atoms with van der Waals surface area (Å²) >= 11 is 0. The van der Waals surface area contributed by atoms with E-state index in [4.69, 9.17) is 72.1 Å². The van der Waals surface area contributed by atoms with Crippen LogP contribution < -0.4 is 0 Å². The molecule has 0 aliphatic carbocycles. The molecular formula is C99H107F5Ir4N10O12-4. The molecule has 700 valence electrons. The summed E-state index contributed by atoms with van der Waals surface area (Å²) in [7, 11) is 2.68. The van der Waals surface area contributed by atoms with E-state index < -0.39 is 23.7 Å². The van der Waals surface area contributed by atoms with E-state index in [-0.39, 0.29) is 141 Å². The van der Waals surface area contributed by atoms with E-state index in [1.54, 1.807) is 147 Å². The number of rotatable bonds is 18. The number of carbonyl (C=O) groups is 2. The Labute approximate surface area is 811 Å². The summed E-state index contributed by atoms with van der Waals surface area (Å²) < 4.78 is 73.9. The van der Waals surface area contributed by atoms with Crippen LogP contribution in [0.3, 0.4) is 0 Å². The van der Waals surface area contributed by atoms with Crippen LogP contribution in [0.4, 0.5) is 27.6 Å². The molecule has 8 unspecified atom stereocenters. The van der Waals surface area contributed by atoms with Crippen molar-refractivity contribution >= 4 is 17.6 Å². The average Bonchev–Trinajstić information content (AvgIpc) is 0.802. The van der Waals surface area contributed by atoms with E-state index >= 15 is 0 Å².